The topological polar surface area (TPSA) is 41.6 Å². The van der Waals surface area contributed by atoms with Gasteiger partial charge in [-0.25, -0.2) is 0 Å². The van der Waals surface area contributed by atoms with Crippen molar-refractivity contribution in [3.8, 4) is 5.75 Å². The van der Waals surface area contributed by atoms with Gasteiger partial charge >= 0.3 is 0 Å². The maximum Gasteiger partial charge on any atom is 0.224 e. The van der Waals surface area contributed by atoms with Crippen LogP contribution in [0.15, 0.2) is 24.3 Å². The molecule has 1 amide bonds. The fourth-order valence-electron chi connectivity index (χ4n) is 3.01. The fourth-order valence-corrected chi connectivity index (χ4v) is 3.96. The SMILES string of the molecule is COc1ccc(CCN(CC(C)(C)C)C(=O)CC2CSCCN2)cc1. The van der Waals surface area contributed by atoms with Gasteiger partial charge in [-0.15, -0.1) is 0 Å². The van der Waals surface area contributed by atoms with E-state index >= 15 is 0 Å². The van der Waals surface area contributed by atoms with Crippen molar-refractivity contribution in [1.82, 2.24) is 10.2 Å². The van der Waals surface area contributed by atoms with Gasteiger partial charge in [-0.2, -0.15) is 11.8 Å². The van der Waals surface area contributed by atoms with Gasteiger partial charge in [-0.05, 0) is 29.5 Å². The molecule has 4 nitrogen and oxygen atoms in total. The Hall–Kier alpha value is -1.20. The highest BCUT2D eigenvalue weighted by Crippen LogP contribution is 2.19. The molecule has 0 saturated carbocycles. The number of nitrogens with one attached hydrogen (secondary N) is 1. The first-order valence-corrected chi connectivity index (χ1v) is 10.2. The second-order valence-corrected chi connectivity index (χ2v) is 9.05. The molecule has 1 aliphatic heterocycles. The van der Waals surface area contributed by atoms with E-state index in [0.29, 0.717) is 12.5 Å². The lowest BCUT2D eigenvalue weighted by Gasteiger charge is -2.32. The minimum Gasteiger partial charge on any atom is -0.497 e. The second-order valence-electron chi connectivity index (χ2n) is 7.90. The molecule has 1 saturated heterocycles. The van der Waals surface area contributed by atoms with E-state index in [2.05, 4.69) is 38.2 Å². The molecular weight excluding hydrogens is 332 g/mol. The lowest BCUT2D eigenvalue weighted by Crippen LogP contribution is -2.45. The number of benzene rings is 1. The van der Waals surface area contributed by atoms with Gasteiger partial charge in [0, 0.05) is 43.6 Å². The predicted molar refractivity (Wildman–Crippen MR) is 106 cm³/mol. The average Bonchev–Trinajstić information content (AvgIpc) is 2.59. The summed E-state index contributed by atoms with van der Waals surface area (Å²) >= 11 is 1.94. The summed E-state index contributed by atoms with van der Waals surface area (Å²) in [5, 5.41) is 3.47. The van der Waals surface area contributed by atoms with Crippen LogP contribution in [0.3, 0.4) is 0 Å². The van der Waals surface area contributed by atoms with Gasteiger partial charge in [-0.1, -0.05) is 32.9 Å². The Morgan fingerprint density at radius 3 is 2.60 bits per heavy atom. The molecule has 1 atom stereocenters. The van der Waals surface area contributed by atoms with Crippen LogP contribution >= 0.6 is 11.8 Å². The quantitative estimate of drug-likeness (QED) is 0.807. The normalized spacial score (nSPS) is 18.0. The van der Waals surface area contributed by atoms with Gasteiger partial charge in [0.25, 0.3) is 0 Å². The van der Waals surface area contributed by atoms with Crippen molar-refractivity contribution in [2.45, 2.75) is 39.7 Å². The van der Waals surface area contributed by atoms with E-state index in [1.807, 2.05) is 28.8 Å². The van der Waals surface area contributed by atoms with Crippen molar-refractivity contribution in [2.75, 3.05) is 38.2 Å². The summed E-state index contributed by atoms with van der Waals surface area (Å²) in [5.74, 6) is 3.32. The zero-order chi connectivity index (χ0) is 18.3. The van der Waals surface area contributed by atoms with E-state index in [9.17, 15) is 4.79 Å². The minimum absolute atomic E-state index is 0.101. The van der Waals surface area contributed by atoms with Crippen LogP contribution in [-0.4, -0.2) is 55.1 Å². The molecule has 1 aromatic carbocycles. The molecule has 0 aromatic heterocycles. The monoisotopic (exact) mass is 364 g/mol. The smallest absolute Gasteiger partial charge is 0.224 e. The Morgan fingerprint density at radius 1 is 1.32 bits per heavy atom. The number of hydrogen-bond acceptors (Lipinski definition) is 4. The van der Waals surface area contributed by atoms with Gasteiger partial charge in [0.05, 0.1) is 7.11 Å². The summed E-state index contributed by atoms with van der Waals surface area (Å²) in [6, 6.07) is 8.44. The van der Waals surface area contributed by atoms with Crippen molar-refractivity contribution < 1.29 is 9.53 Å². The minimum atomic E-state index is 0.101. The summed E-state index contributed by atoms with van der Waals surface area (Å²) in [6.07, 6.45) is 1.48. The molecule has 140 valence electrons. The van der Waals surface area contributed by atoms with Crippen molar-refractivity contribution in [1.29, 1.82) is 0 Å². The van der Waals surface area contributed by atoms with E-state index in [1.165, 1.54) is 5.56 Å². The number of carbonyl (C=O) groups excluding carboxylic acids is 1. The largest absolute Gasteiger partial charge is 0.497 e. The van der Waals surface area contributed by atoms with Crippen LogP contribution in [0.5, 0.6) is 5.75 Å². The number of rotatable bonds is 7. The van der Waals surface area contributed by atoms with Crippen LogP contribution in [-0.2, 0) is 11.2 Å². The molecule has 1 N–H and O–H groups in total. The Labute approximate surface area is 156 Å². The first-order valence-electron chi connectivity index (χ1n) is 9.09. The predicted octanol–water partition coefficient (Wildman–Crippen LogP) is 3.21. The first kappa shape index (κ1) is 20.1. The van der Waals surface area contributed by atoms with Gasteiger partial charge in [0.2, 0.25) is 5.91 Å². The third-order valence-corrected chi connectivity index (χ3v) is 5.40. The summed E-state index contributed by atoms with van der Waals surface area (Å²) in [6.45, 7) is 9.14. The van der Waals surface area contributed by atoms with E-state index in [-0.39, 0.29) is 11.3 Å². The number of nitrogens with zero attached hydrogens (tertiary/aromatic N) is 1. The van der Waals surface area contributed by atoms with Crippen LogP contribution < -0.4 is 10.1 Å². The maximum absolute atomic E-state index is 12.9. The van der Waals surface area contributed by atoms with Gasteiger partial charge in [0.15, 0.2) is 0 Å². The third-order valence-electron chi connectivity index (χ3n) is 4.27. The highest BCUT2D eigenvalue weighted by molar-refractivity contribution is 7.99. The van der Waals surface area contributed by atoms with Crippen LogP contribution in [0.25, 0.3) is 0 Å². The lowest BCUT2D eigenvalue weighted by molar-refractivity contribution is -0.132. The third kappa shape index (κ3) is 7.28. The Morgan fingerprint density at radius 2 is 2.04 bits per heavy atom. The first-order chi connectivity index (χ1) is 11.9. The standard InChI is InChI=1S/C20H32N2O2S/c1-20(2,3)15-22(19(23)13-17-14-25-12-10-21-17)11-9-16-5-7-18(24-4)8-6-16/h5-8,17,21H,9-15H2,1-4H3. The lowest BCUT2D eigenvalue weighted by atomic mass is 9.95. The van der Waals surface area contributed by atoms with Gasteiger partial charge < -0.3 is 15.0 Å². The number of thioether (sulfide) groups is 1. The molecule has 1 aromatic rings. The molecule has 0 spiro atoms. The van der Waals surface area contributed by atoms with E-state index in [0.717, 1.165) is 43.3 Å². The summed E-state index contributed by atoms with van der Waals surface area (Å²) in [4.78, 5) is 14.9. The zero-order valence-corrected chi connectivity index (χ0v) is 16.8. The number of amides is 1. The van der Waals surface area contributed by atoms with Crippen LogP contribution in [0.1, 0.15) is 32.8 Å². The second kappa shape index (κ2) is 9.48. The molecule has 1 unspecified atom stereocenters. The number of ether oxygens (including phenoxy) is 1. The van der Waals surface area contributed by atoms with E-state index in [1.54, 1.807) is 7.11 Å². The Kier molecular flexibility index (Phi) is 7.63. The number of methoxy groups -OCH3 is 1. The molecular formula is C20H32N2O2S. The molecule has 2 rings (SSSR count). The Bertz CT molecular complexity index is 534. The van der Waals surface area contributed by atoms with Gasteiger partial charge in [0.1, 0.15) is 5.75 Å². The summed E-state index contributed by atoms with van der Waals surface area (Å²) in [7, 11) is 1.68. The highest BCUT2D eigenvalue weighted by Gasteiger charge is 2.24. The van der Waals surface area contributed by atoms with Crippen LogP contribution in [0.2, 0.25) is 0 Å². The summed E-state index contributed by atoms with van der Waals surface area (Å²) in [5.41, 5.74) is 1.34. The van der Waals surface area contributed by atoms with Crippen molar-refractivity contribution >= 4 is 17.7 Å². The van der Waals surface area contributed by atoms with E-state index in [4.69, 9.17) is 4.74 Å². The molecule has 25 heavy (non-hydrogen) atoms. The molecule has 5 heteroatoms. The molecule has 1 heterocycles. The maximum atomic E-state index is 12.9. The van der Waals surface area contributed by atoms with Crippen molar-refractivity contribution in [2.24, 2.45) is 5.41 Å². The van der Waals surface area contributed by atoms with Crippen LogP contribution in [0, 0.1) is 5.41 Å². The average molecular weight is 365 g/mol. The van der Waals surface area contributed by atoms with Crippen LogP contribution in [0.4, 0.5) is 0 Å². The van der Waals surface area contributed by atoms with Crippen molar-refractivity contribution in [3.63, 3.8) is 0 Å². The molecule has 0 bridgehead atoms. The summed E-state index contributed by atoms with van der Waals surface area (Å²) < 4.78 is 5.21. The molecule has 1 fully saturated rings. The van der Waals surface area contributed by atoms with Crippen molar-refractivity contribution in [3.05, 3.63) is 29.8 Å². The molecule has 1 aliphatic rings. The van der Waals surface area contributed by atoms with E-state index < -0.39 is 0 Å². The molecule has 0 aliphatic carbocycles. The van der Waals surface area contributed by atoms with Gasteiger partial charge in [-0.3, -0.25) is 4.79 Å². The Balaban J connectivity index is 1.94. The number of hydrogen-bond donors (Lipinski definition) is 1. The fraction of sp³-hybridized carbons (Fsp3) is 0.650. The number of carbonyl (C=O) groups is 1. The zero-order valence-electron chi connectivity index (χ0n) is 16.0. The highest BCUT2D eigenvalue weighted by atomic mass is 32.2. The molecule has 0 radical (unpaired) electrons.